The molecule has 0 heterocycles. The Labute approximate surface area is 105 Å². The molecule has 0 radical (unpaired) electrons. The maximum Gasteiger partial charge on any atom is 0.124 e. The van der Waals surface area contributed by atoms with Crippen LogP contribution in [0.2, 0.25) is 0 Å². The predicted octanol–water partition coefficient (Wildman–Crippen LogP) is 3.36. The van der Waals surface area contributed by atoms with Crippen molar-refractivity contribution in [1.82, 2.24) is 0 Å². The topological polar surface area (TPSA) is 29.5 Å². The van der Waals surface area contributed by atoms with E-state index in [1.54, 1.807) is 0 Å². The van der Waals surface area contributed by atoms with Gasteiger partial charge in [0.2, 0.25) is 0 Å². The van der Waals surface area contributed by atoms with Crippen LogP contribution in [-0.4, -0.2) is 17.3 Å². The Morgan fingerprint density at radius 3 is 2.38 bits per heavy atom. The van der Waals surface area contributed by atoms with E-state index in [0.717, 1.165) is 29.5 Å². The van der Waals surface area contributed by atoms with Gasteiger partial charge in [0.1, 0.15) is 11.9 Å². The molecule has 2 nitrogen and oxygen atoms in total. The van der Waals surface area contributed by atoms with Crippen LogP contribution in [0.25, 0.3) is 0 Å². The molecule has 0 bridgehead atoms. The van der Waals surface area contributed by atoms with Crippen molar-refractivity contribution in [2.75, 3.05) is 0 Å². The monoisotopic (exact) mass is 284 g/mol. The third-order valence-electron chi connectivity index (χ3n) is 3.12. The SMILES string of the molecule is Cc1cc(O[C@H]2CCC[C@@H]2O)cc(C)c1Br. The first-order valence-corrected chi connectivity index (χ1v) is 6.48. The van der Waals surface area contributed by atoms with Gasteiger partial charge in [-0.05, 0) is 56.4 Å². The van der Waals surface area contributed by atoms with Gasteiger partial charge < -0.3 is 9.84 Å². The smallest absolute Gasteiger partial charge is 0.124 e. The number of hydrogen-bond acceptors (Lipinski definition) is 2. The first kappa shape index (κ1) is 11.9. The molecule has 2 rings (SSSR count). The second-order valence-electron chi connectivity index (χ2n) is 4.53. The van der Waals surface area contributed by atoms with Crippen LogP contribution >= 0.6 is 15.9 Å². The lowest BCUT2D eigenvalue weighted by Crippen LogP contribution is -2.25. The Morgan fingerprint density at radius 2 is 1.88 bits per heavy atom. The minimum absolute atomic E-state index is 0.0278. The maximum atomic E-state index is 9.71. The molecule has 16 heavy (non-hydrogen) atoms. The van der Waals surface area contributed by atoms with Crippen molar-refractivity contribution in [3.63, 3.8) is 0 Å². The highest BCUT2D eigenvalue weighted by Gasteiger charge is 2.27. The Bertz CT molecular complexity index is 367. The molecule has 1 aliphatic rings. The minimum atomic E-state index is -0.302. The number of benzene rings is 1. The van der Waals surface area contributed by atoms with Gasteiger partial charge in [-0.15, -0.1) is 0 Å². The fourth-order valence-electron chi connectivity index (χ4n) is 2.19. The van der Waals surface area contributed by atoms with Crippen molar-refractivity contribution >= 4 is 15.9 Å². The average molecular weight is 285 g/mol. The van der Waals surface area contributed by atoms with Gasteiger partial charge in [-0.1, -0.05) is 15.9 Å². The first-order valence-electron chi connectivity index (χ1n) is 5.69. The summed E-state index contributed by atoms with van der Waals surface area (Å²) in [6.07, 6.45) is 2.54. The molecule has 0 aromatic heterocycles. The molecular weight excluding hydrogens is 268 g/mol. The van der Waals surface area contributed by atoms with Gasteiger partial charge in [0, 0.05) is 4.47 Å². The van der Waals surface area contributed by atoms with Crippen molar-refractivity contribution in [2.45, 2.75) is 45.3 Å². The summed E-state index contributed by atoms with van der Waals surface area (Å²) in [5, 5.41) is 9.71. The van der Waals surface area contributed by atoms with E-state index in [-0.39, 0.29) is 12.2 Å². The molecule has 1 aromatic carbocycles. The van der Waals surface area contributed by atoms with Crippen LogP contribution in [0.15, 0.2) is 16.6 Å². The Morgan fingerprint density at radius 1 is 1.25 bits per heavy atom. The van der Waals surface area contributed by atoms with Crippen LogP contribution in [0.3, 0.4) is 0 Å². The van der Waals surface area contributed by atoms with Crippen molar-refractivity contribution in [2.24, 2.45) is 0 Å². The van der Waals surface area contributed by atoms with Gasteiger partial charge in [0.15, 0.2) is 0 Å². The molecule has 1 aliphatic carbocycles. The first-order chi connectivity index (χ1) is 7.58. The van der Waals surface area contributed by atoms with Gasteiger partial charge in [0.25, 0.3) is 0 Å². The van der Waals surface area contributed by atoms with Crippen LogP contribution in [0.1, 0.15) is 30.4 Å². The molecule has 0 amide bonds. The summed E-state index contributed by atoms with van der Waals surface area (Å²) in [6.45, 7) is 4.10. The quantitative estimate of drug-likeness (QED) is 0.903. The van der Waals surface area contributed by atoms with Crippen molar-refractivity contribution in [3.05, 3.63) is 27.7 Å². The van der Waals surface area contributed by atoms with Gasteiger partial charge in [-0.2, -0.15) is 0 Å². The number of hydrogen-bond donors (Lipinski definition) is 1. The van der Waals surface area contributed by atoms with Crippen molar-refractivity contribution in [3.8, 4) is 5.75 Å². The third-order valence-corrected chi connectivity index (χ3v) is 4.37. The molecule has 1 N–H and O–H groups in total. The second-order valence-corrected chi connectivity index (χ2v) is 5.32. The van der Waals surface area contributed by atoms with Crippen LogP contribution < -0.4 is 4.74 Å². The maximum absolute atomic E-state index is 9.71. The highest BCUT2D eigenvalue weighted by Crippen LogP contribution is 2.29. The number of aryl methyl sites for hydroxylation is 2. The Hall–Kier alpha value is -0.540. The normalized spacial score (nSPS) is 24.8. The molecular formula is C13H17BrO2. The minimum Gasteiger partial charge on any atom is -0.488 e. The summed E-state index contributed by atoms with van der Waals surface area (Å²) in [5.74, 6) is 0.865. The Kier molecular flexibility index (Phi) is 3.55. The fraction of sp³-hybridized carbons (Fsp3) is 0.538. The largest absolute Gasteiger partial charge is 0.488 e. The fourth-order valence-corrected chi connectivity index (χ4v) is 2.42. The Balaban J connectivity index is 2.15. The molecule has 1 fully saturated rings. The van der Waals surface area contributed by atoms with E-state index in [4.69, 9.17) is 4.74 Å². The van der Waals surface area contributed by atoms with E-state index < -0.39 is 0 Å². The number of aliphatic hydroxyl groups excluding tert-OH is 1. The van der Waals surface area contributed by atoms with Gasteiger partial charge in [0.05, 0.1) is 6.10 Å². The lowest BCUT2D eigenvalue weighted by Gasteiger charge is -2.18. The molecule has 0 spiro atoms. The summed E-state index contributed by atoms with van der Waals surface area (Å²) < 4.78 is 6.96. The zero-order valence-corrected chi connectivity index (χ0v) is 11.3. The zero-order valence-electron chi connectivity index (χ0n) is 9.66. The van der Waals surface area contributed by atoms with Crippen LogP contribution in [0, 0.1) is 13.8 Å². The highest BCUT2D eigenvalue weighted by atomic mass is 79.9. The van der Waals surface area contributed by atoms with E-state index in [9.17, 15) is 5.11 Å². The number of halogens is 1. The summed E-state index contributed by atoms with van der Waals surface area (Å²) in [7, 11) is 0. The molecule has 1 aromatic rings. The summed E-state index contributed by atoms with van der Waals surface area (Å²) >= 11 is 3.53. The van der Waals surface area contributed by atoms with Gasteiger partial charge in [-0.25, -0.2) is 0 Å². The van der Waals surface area contributed by atoms with Gasteiger partial charge >= 0.3 is 0 Å². The molecule has 2 atom stereocenters. The number of aliphatic hydroxyl groups is 1. The van der Waals surface area contributed by atoms with Crippen molar-refractivity contribution in [1.29, 1.82) is 0 Å². The third kappa shape index (κ3) is 2.41. The highest BCUT2D eigenvalue weighted by molar-refractivity contribution is 9.10. The van der Waals surface area contributed by atoms with E-state index in [0.29, 0.717) is 0 Å². The molecule has 0 saturated heterocycles. The van der Waals surface area contributed by atoms with Crippen LogP contribution in [-0.2, 0) is 0 Å². The van der Waals surface area contributed by atoms with Crippen molar-refractivity contribution < 1.29 is 9.84 Å². The average Bonchev–Trinajstić information content (AvgIpc) is 2.61. The van der Waals surface area contributed by atoms with Gasteiger partial charge in [-0.3, -0.25) is 0 Å². The van der Waals surface area contributed by atoms with E-state index in [2.05, 4.69) is 29.8 Å². The zero-order chi connectivity index (χ0) is 11.7. The summed E-state index contributed by atoms with van der Waals surface area (Å²) in [6, 6.07) is 4.03. The lowest BCUT2D eigenvalue weighted by atomic mass is 10.1. The second kappa shape index (κ2) is 4.76. The molecule has 3 heteroatoms. The number of rotatable bonds is 2. The summed E-state index contributed by atoms with van der Waals surface area (Å²) in [4.78, 5) is 0. The molecule has 1 saturated carbocycles. The standard InChI is InChI=1S/C13H17BrO2/c1-8-6-10(7-9(2)13(8)14)16-12-5-3-4-11(12)15/h6-7,11-12,15H,3-5H2,1-2H3/t11-,12-/m0/s1. The van der Waals surface area contributed by atoms with Crippen LogP contribution in [0.4, 0.5) is 0 Å². The van der Waals surface area contributed by atoms with E-state index in [1.807, 2.05) is 12.1 Å². The molecule has 88 valence electrons. The van der Waals surface area contributed by atoms with Crippen LogP contribution in [0.5, 0.6) is 5.75 Å². The lowest BCUT2D eigenvalue weighted by molar-refractivity contribution is 0.0603. The van der Waals surface area contributed by atoms with E-state index in [1.165, 1.54) is 11.1 Å². The summed E-state index contributed by atoms with van der Waals surface area (Å²) in [5.41, 5.74) is 2.34. The molecule has 0 aliphatic heterocycles. The molecule has 0 unspecified atom stereocenters. The van der Waals surface area contributed by atoms with E-state index >= 15 is 0 Å². The predicted molar refractivity (Wildman–Crippen MR) is 67.9 cm³/mol. The number of ether oxygens (including phenoxy) is 1.